The highest BCUT2D eigenvalue weighted by Gasteiger charge is 2.11. The number of urea groups is 1. The Kier molecular flexibility index (Phi) is 6.23. The molecule has 0 unspecified atom stereocenters. The van der Waals surface area contributed by atoms with E-state index in [0.29, 0.717) is 11.3 Å². The third-order valence-corrected chi connectivity index (χ3v) is 2.39. The summed E-state index contributed by atoms with van der Waals surface area (Å²) in [5.74, 6) is 4.99. The minimum absolute atomic E-state index is 0.0193. The van der Waals surface area contributed by atoms with Gasteiger partial charge in [0.2, 0.25) is 0 Å². The molecule has 0 aliphatic heterocycles. The molecule has 0 radical (unpaired) electrons. The largest absolute Gasteiger partial charge is 0.474 e. The number of hydrogen-bond acceptors (Lipinski definition) is 7. The predicted molar refractivity (Wildman–Crippen MR) is 74.6 cm³/mol. The summed E-state index contributed by atoms with van der Waals surface area (Å²) < 4.78 is 5.18. The minimum Gasteiger partial charge on any atom is -0.474 e. The van der Waals surface area contributed by atoms with Crippen LogP contribution in [0.15, 0.2) is 24.2 Å². The average Bonchev–Trinajstić information content (AvgIpc) is 2.38. The lowest BCUT2D eigenvalue weighted by molar-refractivity contribution is 0.197. The van der Waals surface area contributed by atoms with E-state index in [9.17, 15) is 4.79 Å². The number of hydrazine groups is 2. The van der Waals surface area contributed by atoms with E-state index in [1.807, 2.05) is 5.53 Å². The van der Waals surface area contributed by atoms with Crippen molar-refractivity contribution in [3.8, 4) is 0 Å². The zero-order valence-electron chi connectivity index (χ0n) is 10.3. The molecule has 0 saturated carbocycles. The van der Waals surface area contributed by atoms with E-state index in [4.69, 9.17) is 33.3 Å². The van der Waals surface area contributed by atoms with E-state index >= 15 is 0 Å². The lowest BCUT2D eigenvalue weighted by Gasteiger charge is -2.13. The maximum atomic E-state index is 11.4. The molecule has 1 rings (SSSR count). The molecule has 2 amide bonds. The molecule has 0 aliphatic rings. The van der Waals surface area contributed by atoms with E-state index in [1.165, 1.54) is 18.3 Å². The van der Waals surface area contributed by atoms with Gasteiger partial charge in [-0.3, -0.25) is 11.3 Å². The number of rotatable bonds is 6. The number of amides is 2. The van der Waals surface area contributed by atoms with Gasteiger partial charge in [0.25, 0.3) is 0 Å². The highest BCUT2D eigenvalue weighted by Crippen LogP contribution is 2.23. The number of halogens is 1. The fraction of sp³-hybridized carbons (Fsp3) is 0.100. The van der Waals surface area contributed by atoms with Crippen molar-refractivity contribution in [3.63, 3.8) is 0 Å². The summed E-state index contributed by atoms with van der Waals surface area (Å²) >= 11 is 5.94. The molecule has 1 heterocycles. The Hall–Kier alpha value is -2.36. The van der Waals surface area contributed by atoms with Crippen molar-refractivity contribution in [2.24, 2.45) is 11.6 Å². The van der Waals surface area contributed by atoms with Crippen LogP contribution in [0.1, 0.15) is 5.56 Å². The maximum absolute atomic E-state index is 11.4. The third-order valence-electron chi connectivity index (χ3n) is 2.07. The molecule has 0 spiro atoms. The molecule has 0 atom stereocenters. The van der Waals surface area contributed by atoms with Gasteiger partial charge in [-0.25, -0.2) is 9.78 Å². The molecule has 0 aromatic carbocycles. The van der Waals surface area contributed by atoms with Crippen LogP contribution in [0.25, 0.3) is 0 Å². The summed E-state index contributed by atoms with van der Waals surface area (Å²) in [6.45, 7) is -0.0193. The maximum Gasteiger partial charge on any atom is 0.334 e. The van der Waals surface area contributed by atoms with Gasteiger partial charge < -0.3 is 21.2 Å². The molecule has 9 nitrogen and oxygen atoms in total. The van der Waals surface area contributed by atoms with Crippen LogP contribution in [-0.2, 0) is 11.3 Å². The second-order valence-corrected chi connectivity index (χ2v) is 3.73. The number of nitrogens with zero attached hydrogens (tertiary/aromatic N) is 1. The summed E-state index contributed by atoms with van der Waals surface area (Å²) in [6.07, 6.45) is 3.68. The molecule has 0 bridgehead atoms. The van der Waals surface area contributed by atoms with Gasteiger partial charge in [-0.1, -0.05) is 11.6 Å². The Morgan fingerprint density at radius 3 is 3.00 bits per heavy atom. The molecule has 0 fully saturated rings. The molecule has 20 heavy (non-hydrogen) atoms. The highest BCUT2D eigenvalue weighted by atomic mass is 35.5. The number of ether oxygens (including phenoxy) is 1. The van der Waals surface area contributed by atoms with Crippen LogP contribution in [0.4, 0.5) is 10.5 Å². The first-order chi connectivity index (χ1) is 9.58. The fourth-order valence-electron chi connectivity index (χ4n) is 1.23. The van der Waals surface area contributed by atoms with Crippen molar-refractivity contribution in [2.45, 2.75) is 6.61 Å². The Bertz CT molecular complexity index is 520. The number of carbonyl (C=O) groups is 1. The summed E-state index contributed by atoms with van der Waals surface area (Å²) in [4.78, 5) is 15.3. The van der Waals surface area contributed by atoms with Crippen LogP contribution in [0, 0.1) is 5.41 Å². The number of nitrogens with two attached hydrogens (primary N) is 2. The monoisotopic (exact) mass is 299 g/mol. The standard InChI is InChI=1S/C10H14ClN7O2/c11-9-6(5-20-8(13)1-3-12)7(2-4-15-9)16-10(19)17-18-14/h1-4,12,18H,5,13-14H2,(H2,15,16,17,19). The van der Waals surface area contributed by atoms with Crippen molar-refractivity contribution >= 4 is 29.5 Å². The number of allylic oxidation sites excluding steroid dienone is 1. The lowest BCUT2D eigenvalue weighted by Crippen LogP contribution is -2.44. The summed E-state index contributed by atoms with van der Waals surface area (Å²) in [5.41, 5.74) is 10.4. The first-order valence-electron chi connectivity index (χ1n) is 5.33. The molecule has 0 aliphatic carbocycles. The van der Waals surface area contributed by atoms with Gasteiger partial charge in [0, 0.05) is 18.5 Å². The van der Waals surface area contributed by atoms with E-state index < -0.39 is 6.03 Å². The third kappa shape index (κ3) is 4.72. The van der Waals surface area contributed by atoms with Crippen molar-refractivity contribution in [1.29, 1.82) is 5.41 Å². The normalized spacial score (nSPS) is 10.8. The van der Waals surface area contributed by atoms with Crippen LogP contribution in [0.5, 0.6) is 0 Å². The Morgan fingerprint density at radius 1 is 1.60 bits per heavy atom. The second-order valence-electron chi connectivity index (χ2n) is 3.38. The molecule has 0 saturated heterocycles. The summed E-state index contributed by atoms with van der Waals surface area (Å²) in [5, 5.41) is 9.52. The zero-order chi connectivity index (χ0) is 15.0. The molecular formula is C10H14ClN7O2. The number of aromatic nitrogens is 1. The lowest BCUT2D eigenvalue weighted by atomic mass is 10.2. The van der Waals surface area contributed by atoms with Gasteiger partial charge in [0.05, 0.1) is 11.3 Å². The van der Waals surface area contributed by atoms with Crippen LogP contribution >= 0.6 is 11.6 Å². The van der Waals surface area contributed by atoms with Crippen LogP contribution in [0.3, 0.4) is 0 Å². The predicted octanol–water partition coefficient (Wildman–Crippen LogP) is 0.201. The number of anilines is 1. The number of pyridine rings is 1. The Labute approximate surface area is 119 Å². The van der Waals surface area contributed by atoms with Crippen molar-refractivity contribution in [3.05, 3.63) is 34.9 Å². The van der Waals surface area contributed by atoms with Gasteiger partial charge in [0.15, 0.2) is 5.88 Å². The van der Waals surface area contributed by atoms with Crippen molar-refractivity contribution < 1.29 is 9.53 Å². The average molecular weight is 300 g/mol. The molecule has 108 valence electrons. The molecular weight excluding hydrogens is 286 g/mol. The van der Waals surface area contributed by atoms with E-state index in [2.05, 4.69) is 15.7 Å². The zero-order valence-corrected chi connectivity index (χ0v) is 11.1. The summed E-state index contributed by atoms with van der Waals surface area (Å²) in [7, 11) is 0. The van der Waals surface area contributed by atoms with Crippen LogP contribution < -0.4 is 27.9 Å². The van der Waals surface area contributed by atoms with Gasteiger partial charge in [-0.2, -0.15) is 5.53 Å². The topological polar surface area (TPSA) is 151 Å². The van der Waals surface area contributed by atoms with Crippen molar-refractivity contribution in [2.75, 3.05) is 5.32 Å². The van der Waals surface area contributed by atoms with E-state index in [0.717, 1.165) is 6.21 Å². The summed E-state index contributed by atoms with van der Waals surface area (Å²) in [6, 6.07) is 0.955. The SMILES string of the molecule is N=CC=C(N)OCc1c(NC(=O)NNN)ccnc1Cl. The van der Waals surface area contributed by atoms with E-state index in [-0.39, 0.29) is 17.6 Å². The number of nitrogens with one attached hydrogen (secondary N) is 4. The molecule has 8 N–H and O–H groups in total. The van der Waals surface area contributed by atoms with Gasteiger partial charge in [-0.05, 0) is 6.07 Å². The van der Waals surface area contributed by atoms with Gasteiger partial charge in [0.1, 0.15) is 11.8 Å². The Balaban J connectivity index is 2.85. The number of carbonyl (C=O) groups excluding carboxylic acids is 1. The quantitative estimate of drug-likeness (QED) is 0.145. The second kappa shape index (κ2) is 7.94. The van der Waals surface area contributed by atoms with Crippen molar-refractivity contribution in [1.82, 2.24) is 15.9 Å². The first kappa shape index (κ1) is 15.7. The smallest absolute Gasteiger partial charge is 0.334 e. The molecule has 10 heteroatoms. The van der Waals surface area contributed by atoms with Gasteiger partial charge >= 0.3 is 6.03 Å². The molecule has 1 aromatic heterocycles. The highest BCUT2D eigenvalue weighted by molar-refractivity contribution is 6.30. The van der Waals surface area contributed by atoms with Crippen LogP contribution in [0.2, 0.25) is 5.15 Å². The van der Waals surface area contributed by atoms with Crippen LogP contribution in [-0.4, -0.2) is 17.2 Å². The fourth-order valence-corrected chi connectivity index (χ4v) is 1.44. The van der Waals surface area contributed by atoms with E-state index in [1.54, 1.807) is 0 Å². The Morgan fingerprint density at radius 2 is 2.35 bits per heavy atom. The minimum atomic E-state index is -0.584. The van der Waals surface area contributed by atoms with Gasteiger partial charge in [-0.15, -0.1) is 0 Å². The first-order valence-corrected chi connectivity index (χ1v) is 5.71. The molecule has 1 aromatic rings. The number of hydrogen-bond donors (Lipinski definition) is 6.